The van der Waals surface area contributed by atoms with Crippen LogP contribution in [0.5, 0.6) is 0 Å². The van der Waals surface area contributed by atoms with Crippen LogP contribution in [0.25, 0.3) is 0 Å². The Morgan fingerprint density at radius 1 is 1.08 bits per heavy atom. The van der Waals surface area contributed by atoms with Crippen molar-refractivity contribution in [3.63, 3.8) is 0 Å². The molecule has 132 valence electrons. The Balaban J connectivity index is 1.44. The van der Waals surface area contributed by atoms with Crippen LogP contribution < -0.4 is 10.2 Å². The van der Waals surface area contributed by atoms with Gasteiger partial charge in [-0.1, -0.05) is 51.8 Å². The summed E-state index contributed by atoms with van der Waals surface area (Å²) in [7, 11) is 0. The maximum Gasteiger partial charge on any atom is 0.234 e. The highest BCUT2D eigenvalue weighted by atomic mass is 79.9. The van der Waals surface area contributed by atoms with Crippen molar-refractivity contribution in [2.24, 2.45) is 0 Å². The van der Waals surface area contributed by atoms with Gasteiger partial charge in [0.05, 0.1) is 6.54 Å². The van der Waals surface area contributed by atoms with E-state index in [2.05, 4.69) is 43.2 Å². The van der Waals surface area contributed by atoms with Crippen molar-refractivity contribution < 1.29 is 4.79 Å². The fourth-order valence-electron chi connectivity index (χ4n) is 2.93. The second kappa shape index (κ2) is 8.70. The second-order valence-electron chi connectivity index (χ2n) is 6.11. The van der Waals surface area contributed by atoms with Gasteiger partial charge in [0.15, 0.2) is 0 Å². The molecule has 6 heteroatoms. The first-order valence-corrected chi connectivity index (χ1v) is 9.52. The number of benzene rings is 2. The fourth-order valence-corrected chi connectivity index (χ4v) is 3.52. The third-order valence-electron chi connectivity index (χ3n) is 4.35. The van der Waals surface area contributed by atoms with Crippen LogP contribution in [0, 0.1) is 0 Å². The molecule has 0 spiro atoms. The largest absolute Gasteiger partial charge is 0.369 e. The predicted molar refractivity (Wildman–Crippen MR) is 106 cm³/mol. The van der Waals surface area contributed by atoms with Crippen LogP contribution in [0.2, 0.25) is 5.02 Å². The number of hydrogen-bond donors (Lipinski definition) is 1. The number of halogens is 2. The number of piperazine rings is 1. The summed E-state index contributed by atoms with van der Waals surface area (Å²) in [4.78, 5) is 16.7. The Labute approximate surface area is 161 Å². The van der Waals surface area contributed by atoms with Crippen molar-refractivity contribution in [2.75, 3.05) is 37.6 Å². The first kappa shape index (κ1) is 18.2. The van der Waals surface area contributed by atoms with E-state index in [9.17, 15) is 4.79 Å². The number of carbonyl (C=O) groups excluding carboxylic acids is 1. The smallest absolute Gasteiger partial charge is 0.234 e. The average molecular weight is 423 g/mol. The SMILES string of the molecule is O=C(CN1CCN(c2cccc(Br)c2)CC1)NCc1ccccc1Cl. The highest BCUT2D eigenvalue weighted by Gasteiger charge is 2.19. The van der Waals surface area contributed by atoms with Gasteiger partial charge in [0.2, 0.25) is 5.91 Å². The van der Waals surface area contributed by atoms with Crippen LogP contribution in [-0.2, 0) is 11.3 Å². The molecule has 2 aromatic carbocycles. The zero-order valence-corrected chi connectivity index (χ0v) is 16.3. The Morgan fingerprint density at radius 3 is 2.56 bits per heavy atom. The zero-order chi connectivity index (χ0) is 17.6. The van der Waals surface area contributed by atoms with Gasteiger partial charge in [0.25, 0.3) is 0 Å². The Hall–Kier alpha value is -1.56. The fraction of sp³-hybridized carbons (Fsp3) is 0.316. The highest BCUT2D eigenvalue weighted by molar-refractivity contribution is 9.10. The van der Waals surface area contributed by atoms with Gasteiger partial charge in [-0.3, -0.25) is 9.69 Å². The van der Waals surface area contributed by atoms with E-state index in [1.54, 1.807) is 0 Å². The number of anilines is 1. The molecule has 2 aromatic rings. The standard InChI is InChI=1S/C19H21BrClN3O/c20-16-5-3-6-17(12-16)24-10-8-23(9-11-24)14-19(25)22-13-15-4-1-2-7-18(15)21/h1-7,12H,8-11,13-14H2,(H,22,25). The first-order chi connectivity index (χ1) is 12.1. The molecule has 0 saturated carbocycles. The Kier molecular flexibility index (Phi) is 6.34. The van der Waals surface area contributed by atoms with Gasteiger partial charge in [-0.2, -0.15) is 0 Å². The van der Waals surface area contributed by atoms with Crippen molar-refractivity contribution in [3.8, 4) is 0 Å². The number of amides is 1. The average Bonchev–Trinajstić information content (AvgIpc) is 2.62. The van der Waals surface area contributed by atoms with Crippen LogP contribution >= 0.6 is 27.5 Å². The third kappa shape index (κ3) is 5.21. The van der Waals surface area contributed by atoms with E-state index in [-0.39, 0.29) is 5.91 Å². The first-order valence-electron chi connectivity index (χ1n) is 8.35. The predicted octanol–water partition coefficient (Wildman–Crippen LogP) is 3.54. The molecule has 0 bridgehead atoms. The maximum absolute atomic E-state index is 12.2. The normalized spacial score (nSPS) is 15.2. The summed E-state index contributed by atoms with van der Waals surface area (Å²) in [6.45, 7) is 4.51. The Bertz CT molecular complexity index is 732. The summed E-state index contributed by atoms with van der Waals surface area (Å²) in [5.41, 5.74) is 2.16. The summed E-state index contributed by atoms with van der Waals surface area (Å²) < 4.78 is 1.09. The summed E-state index contributed by atoms with van der Waals surface area (Å²) in [6, 6.07) is 15.9. The monoisotopic (exact) mass is 421 g/mol. The van der Waals surface area contributed by atoms with Gasteiger partial charge in [-0.05, 0) is 29.8 Å². The minimum absolute atomic E-state index is 0.0378. The van der Waals surface area contributed by atoms with Crippen molar-refractivity contribution in [1.82, 2.24) is 10.2 Å². The van der Waals surface area contributed by atoms with Crippen LogP contribution in [0.15, 0.2) is 53.0 Å². The molecule has 1 heterocycles. The number of nitrogens with one attached hydrogen (secondary N) is 1. The van der Waals surface area contributed by atoms with Crippen molar-refractivity contribution in [1.29, 1.82) is 0 Å². The molecule has 0 radical (unpaired) electrons. The molecule has 1 amide bonds. The third-order valence-corrected chi connectivity index (χ3v) is 5.21. The van der Waals surface area contributed by atoms with Gasteiger partial charge in [0, 0.05) is 47.9 Å². The molecule has 1 N–H and O–H groups in total. The van der Waals surface area contributed by atoms with Crippen molar-refractivity contribution in [2.45, 2.75) is 6.54 Å². The van der Waals surface area contributed by atoms with Gasteiger partial charge < -0.3 is 10.2 Å². The lowest BCUT2D eigenvalue weighted by molar-refractivity contribution is -0.122. The number of carbonyl (C=O) groups is 1. The molecule has 0 aliphatic carbocycles. The molecule has 0 unspecified atom stereocenters. The molecule has 1 aliphatic heterocycles. The second-order valence-corrected chi connectivity index (χ2v) is 7.43. The van der Waals surface area contributed by atoms with E-state index in [1.165, 1.54) is 5.69 Å². The summed E-state index contributed by atoms with van der Waals surface area (Å²) in [6.07, 6.45) is 0. The van der Waals surface area contributed by atoms with Crippen LogP contribution in [0.4, 0.5) is 5.69 Å². The van der Waals surface area contributed by atoms with Gasteiger partial charge in [0.1, 0.15) is 0 Å². The highest BCUT2D eigenvalue weighted by Crippen LogP contribution is 2.21. The lowest BCUT2D eigenvalue weighted by atomic mass is 10.2. The molecule has 3 rings (SSSR count). The van der Waals surface area contributed by atoms with Gasteiger partial charge >= 0.3 is 0 Å². The minimum Gasteiger partial charge on any atom is -0.369 e. The van der Waals surface area contributed by atoms with E-state index in [4.69, 9.17) is 11.6 Å². The van der Waals surface area contributed by atoms with Gasteiger partial charge in [-0.25, -0.2) is 0 Å². The van der Waals surface area contributed by atoms with Crippen molar-refractivity contribution >= 4 is 39.1 Å². The maximum atomic E-state index is 12.2. The number of nitrogens with zero attached hydrogens (tertiary/aromatic N) is 2. The molecule has 0 aromatic heterocycles. The van der Waals surface area contributed by atoms with Crippen LogP contribution in [0.1, 0.15) is 5.56 Å². The molecule has 25 heavy (non-hydrogen) atoms. The molecule has 0 atom stereocenters. The van der Waals surface area contributed by atoms with E-state index >= 15 is 0 Å². The molecular formula is C19H21BrClN3O. The molecule has 4 nitrogen and oxygen atoms in total. The lowest BCUT2D eigenvalue weighted by Gasteiger charge is -2.35. The van der Waals surface area contributed by atoms with E-state index < -0.39 is 0 Å². The van der Waals surface area contributed by atoms with Gasteiger partial charge in [-0.15, -0.1) is 0 Å². The summed E-state index contributed by atoms with van der Waals surface area (Å²) in [5, 5.41) is 3.64. The molecule has 1 fully saturated rings. The number of hydrogen-bond acceptors (Lipinski definition) is 3. The number of rotatable bonds is 5. The quantitative estimate of drug-likeness (QED) is 0.800. The molecule has 1 aliphatic rings. The Morgan fingerprint density at radius 2 is 1.84 bits per heavy atom. The molecular weight excluding hydrogens is 402 g/mol. The lowest BCUT2D eigenvalue weighted by Crippen LogP contribution is -2.49. The topological polar surface area (TPSA) is 35.6 Å². The van der Waals surface area contributed by atoms with E-state index in [1.807, 2.05) is 36.4 Å². The van der Waals surface area contributed by atoms with Crippen LogP contribution in [0.3, 0.4) is 0 Å². The summed E-state index contributed by atoms with van der Waals surface area (Å²) >= 11 is 9.63. The van der Waals surface area contributed by atoms with Crippen LogP contribution in [-0.4, -0.2) is 43.5 Å². The van der Waals surface area contributed by atoms with E-state index in [0.717, 1.165) is 36.2 Å². The minimum atomic E-state index is 0.0378. The zero-order valence-electron chi connectivity index (χ0n) is 13.9. The molecule has 1 saturated heterocycles. The van der Waals surface area contributed by atoms with E-state index in [0.29, 0.717) is 18.1 Å². The summed E-state index contributed by atoms with van der Waals surface area (Å²) in [5.74, 6) is 0.0378. The van der Waals surface area contributed by atoms with Crippen molar-refractivity contribution in [3.05, 3.63) is 63.6 Å².